The van der Waals surface area contributed by atoms with Gasteiger partial charge >= 0.3 is 0 Å². The first-order chi connectivity index (χ1) is 20.1. The van der Waals surface area contributed by atoms with Gasteiger partial charge < -0.3 is 34.8 Å². The molecule has 0 radical (unpaired) electrons. The van der Waals surface area contributed by atoms with Crippen LogP contribution in [-0.2, 0) is 14.3 Å². The van der Waals surface area contributed by atoms with Crippen molar-refractivity contribution < 1.29 is 14.3 Å². The highest BCUT2D eigenvalue weighted by Crippen LogP contribution is 2.39. The van der Waals surface area contributed by atoms with E-state index < -0.39 is 6.04 Å². The summed E-state index contributed by atoms with van der Waals surface area (Å²) in [4.78, 5) is 34.9. The molecule has 13 nitrogen and oxygen atoms in total. The van der Waals surface area contributed by atoms with Gasteiger partial charge in [0.05, 0.1) is 19.3 Å². The number of carbonyl (C=O) groups is 1. The lowest BCUT2D eigenvalue weighted by molar-refractivity contribution is -0.123. The fourth-order valence-electron chi connectivity index (χ4n) is 6.30. The van der Waals surface area contributed by atoms with Crippen LogP contribution >= 0.6 is 0 Å². The number of rotatable bonds is 10. The van der Waals surface area contributed by atoms with E-state index >= 15 is 0 Å². The van der Waals surface area contributed by atoms with E-state index in [2.05, 4.69) is 30.6 Å². The fraction of sp³-hybridized carbons (Fsp3) is 0.750. The minimum atomic E-state index is -0.418. The van der Waals surface area contributed by atoms with Crippen LogP contribution in [0.1, 0.15) is 56.6 Å². The first kappa shape index (κ1) is 26.8. The van der Waals surface area contributed by atoms with Crippen molar-refractivity contribution >= 4 is 29.6 Å². The molecular formula is C28H42N10O3. The third kappa shape index (κ3) is 6.41. The Morgan fingerprint density at radius 1 is 1.07 bits per heavy atom. The Balaban J connectivity index is 1.12. The number of nitrogens with one attached hydrogen (secondary N) is 3. The number of aromatic amines is 1. The molecule has 0 aromatic carbocycles. The fourth-order valence-corrected chi connectivity index (χ4v) is 6.30. The van der Waals surface area contributed by atoms with E-state index in [0.717, 1.165) is 44.1 Å². The third-order valence-electron chi connectivity index (χ3n) is 8.98. The first-order valence-electron chi connectivity index (χ1n) is 15.3. The molecule has 3 N–H and O–H groups in total. The molecule has 3 saturated heterocycles. The molecule has 0 bridgehead atoms. The normalized spacial score (nSPS) is 27.3. The Labute approximate surface area is 240 Å². The van der Waals surface area contributed by atoms with E-state index in [1.807, 2.05) is 11.0 Å². The summed E-state index contributed by atoms with van der Waals surface area (Å²) in [6.07, 6.45) is 7.71. The van der Waals surface area contributed by atoms with Gasteiger partial charge in [-0.3, -0.25) is 9.89 Å². The summed E-state index contributed by atoms with van der Waals surface area (Å²) in [6, 6.07) is 1.77. The second-order valence-electron chi connectivity index (χ2n) is 12.3. The molecule has 5 heterocycles. The van der Waals surface area contributed by atoms with Gasteiger partial charge in [-0.15, -0.1) is 0 Å². The number of morpholine rings is 1. The van der Waals surface area contributed by atoms with Crippen molar-refractivity contribution in [2.75, 3.05) is 74.7 Å². The third-order valence-corrected chi connectivity index (χ3v) is 8.98. The molecule has 7 rings (SSSR count). The number of H-pyrrole nitrogens is 1. The van der Waals surface area contributed by atoms with Crippen molar-refractivity contribution in [1.29, 1.82) is 0 Å². The van der Waals surface area contributed by atoms with Gasteiger partial charge in [0.2, 0.25) is 23.8 Å². The summed E-state index contributed by atoms with van der Waals surface area (Å²) < 4.78 is 11.3. The van der Waals surface area contributed by atoms with Crippen LogP contribution in [0.3, 0.4) is 0 Å². The van der Waals surface area contributed by atoms with Crippen molar-refractivity contribution in [1.82, 2.24) is 35.4 Å². The number of carbonyl (C=O) groups excluding carboxylic acids is 1. The Kier molecular flexibility index (Phi) is 7.65. The minimum Gasteiger partial charge on any atom is -0.380 e. The van der Waals surface area contributed by atoms with Gasteiger partial charge in [-0.05, 0) is 51.0 Å². The molecule has 1 unspecified atom stereocenters. The predicted molar refractivity (Wildman–Crippen MR) is 154 cm³/mol. The van der Waals surface area contributed by atoms with E-state index in [0.29, 0.717) is 68.8 Å². The number of likely N-dealkylation sites (tertiary alicyclic amines) is 1. The molecule has 3 aliphatic heterocycles. The Hall–Kier alpha value is -3.03. The molecule has 5 fully saturated rings. The molecule has 13 heteroatoms. The zero-order valence-electron chi connectivity index (χ0n) is 23.9. The van der Waals surface area contributed by atoms with Gasteiger partial charge in [0.25, 0.3) is 0 Å². The maximum atomic E-state index is 13.8. The van der Waals surface area contributed by atoms with Crippen molar-refractivity contribution in [3.05, 3.63) is 11.8 Å². The molecule has 2 aromatic heterocycles. The van der Waals surface area contributed by atoms with E-state index in [9.17, 15) is 4.79 Å². The van der Waals surface area contributed by atoms with Crippen LogP contribution in [0, 0.1) is 5.92 Å². The molecule has 1 amide bonds. The largest absolute Gasteiger partial charge is 0.380 e. The average Bonchev–Trinajstić information content (AvgIpc) is 3.92. The second-order valence-corrected chi connectivity index (χ2v) is 12.3. The number of nitrogens with zero attached hydrogens (tertiary/aromatic N) is 7. The van der Waals surface area contributed by atoms with Crippen LogP contribution in [0.15, 0.2) is 6.07 Å². The van der Waals surface area contributed by atoms with Gasteiger partial charge in [0, 0.05) is 70.0 Å². The van der Waals surface area contributed by atoms with Crippen LogP contribution in [0.25, 0.3) is 0 Å². The molecule has 3 atom stereocenters. The summed E-state index contributed by atoms with van der Waals surface area (Å²) in [6.45, 7) is 6.39. The smallest absolute Gasteiger partial charge is 0.243 e. The number of methoxy groups -OCH3 is 1. The number of hydrogen-bond acceptors (Lipinski definition) is 11. The first-order valence-corrected chi connectivity index (χ1v) is 15.3. The number of piperidine rings is 1. The van der Waals surface area contributed by atoms with Gasteiger partial charge in [0.1, 0.15) is 6.04 Å². The Morgan fingerprint density at radius 2 is 1.90 bits per heavy atom. The van der Waals surface area contributed by atoms with Crippen LogP contribution in [0.5, 0.6) is 0 Å². The lowest BCUT2D eigenvalue weighted by atomic mass is 10.0. The lowest BCUT2D eigenvalue weighted by Crippen LogP contribution is -2.53. The molecule has 5 aliphatic rings. The number of aromatic nitrogens is 5. The van der Waals surface area contributed by atoms with E-state index in [4.69, 9.17) is 24.4 Å². The van der Waals surface area contributed by atoms with E-state index in [-0.39, 0.29) is 18.1 Å². The van der Waals surface area contributed by atoms with Crippen LogP contribution in [0.2, 0.25) is 0 Å². The lowest BCUT2D eigenvalue weighted by Gasteiger charge is -2.34. The van der Waals surface area contributed by atoms with Gasteiger partial charge in [-0.2, -0.15) is 20.1 Å². The van der Waals surface area contributed by atoms with Crippen LogP contribution < -0.4 is 20.4 Å². The summed E-state index contributed by atoms with van der Waals surface area (Å²) in [7, 11) is 1.70. The highest BCUT2D eigenvalue weighted by atomic mass is 16.5. The zero-order valence-corrected chi connectivity index (χ0v) is 23.9. The van der Waals surface area contributed by atoms with Crippen LogP contribution in [0.4, 0.5) is 23.7 Å². The molecule has 41 heavy (non-hydrogen) atoms. The average molecular weight is 567 g/mol. The van der Waals surface area contributed by atoms with Crippen molar-refractivity contribution in [3.8, 4) is 0 Å². The molecular weight excluding hydrogens is 524 g/mol. The molecule has 2 aliphatic carbocycles. The number of ether oxygens (including phenoxy) is 2. The summed E-state index contributed by atoms with van der Waals surface area (Å²) in [5.41, 5.74) is 1.13. The SMILES string of the molecule is CO[C@H]1C[C@@H](C(=O)NC2CCCN(CC3CC3)C2)N(c2nc(Nc3cc(C4CC4)[nH]n3)nc(N3CCOCC3)n2)C1. The molecule has 2 aromatic rings. The van der Waals surface area contributed by atoms with Crippen molar-refractivity contribution in [2.45, 2.75) is 69.1 Å². The molecule has 222 valence electrons. The van der Waals surface area contributed by atoms with E-state index in [1.54, 1.807) is 7.11 Å². The number of anilines is 4. The second kappa shape index (κ2) is 11.7. The number of amides is 1. The van der Waals surface area contributed by atoms with Gasteiger partial charge in [-0.1, -0.05) is 0 Å². The maximum Gasteiger partial charge on any atom is 0.243 e. The zero-order chi connectivity index (χ0) is 27.8. The molecule has 2 saturated carbocycles. The van der Waals surface area contributed by atoms with Crippen molar-refractivity contribution in [3.63, 3.8) is 0 Å². The standard InChI is InChI=1S/C28H42N10O3/c1-40-21-13-23(25(39)29-20-3-2-8-36(16-20)15-18-4-5-18)38(17-21)28-32-26(30-24-14-22(34-35-24)19-6-7-19)31-27(33-28)37-9-11-41-12-10-37/h14,18-21,23H,2-13,15-17H2,1H3,(H,29,39)(H2,30,31,32,33,34,35)/t20?,21-,23-/m0/s1. The monoisotopic (exact) mass is 566 g/mol. The summed E-state index contributed by atoms with van der Waals surface area (Å²) in [5.74, 6) is 3.57. The number of hydrogen-bond donors (Lipinski definition) is 3. The maximum absolute atomic E-state index is 13.8. The predicted octanol–water partition coefficient (Wildman–Crippen LogP) is 1.64. The molecule has 0 spiro atoms. The van der Waals surface area contributed by atoms with Gasteiger partial charge in [0.15, 0.2) is 5.82 Å². The highest BCUT2D eigenvalue weighted by molar-refractivity contribution is 5.86. The summed E-state index contributed by atoms with van der Waals surface area (Å²) >= 11 is 0. The minimum absolute atomic E-state index is 0.0204. The Bertz CT molecular complexity index is 1210. The quantitative estimate of drug-likeness (QED) is 0.387. The van der Waals surface area contributed by atoms with Crippen molar-refractivity contribution in [2.24, 2.45) is 5.92 Å². The van der Waals surface area contributed by atoms with E-state index in [1.165, 1.54) is 25.7 Å². The highest BCUT2D eigenvalue weighted by Gasteiger charge is 2.40. The van der Waals surface area contributed by atoms with Gasteiger partial charge in [-0.25, -0.2) is 0 Å². The Morgan fingerprint density at radius 3 is 2.68 bits per heavy atom. The van der Waals surface area contributed by atoms with Crippen LogP contribution in [-0.4, -0.2) is 114 Å². The summed E-state index contributed by atoms with van der Waals surface area (Å²) in [5, 5.41) is 14.2. The topological polar surface area (TPSA) is 137 Å².